The quantitative estimate of drug-likeness (QED) is 0.0338. The van der Waals surface area contributed by atoms with Crippen LogP contribution in [-0.2, 0) is 4.52 Å². The first-order valence-corrected chi connectivity index (χ1v) is 19.6. The number of nitrogens with two attached hydrogens (primary N) is 2. The Hall–Kier alpha value is -0.0500. The van der Waals surface area contributed by atoms with E-state index in [0.717, 1.165) is 34.9 Å². The molecule has 7 nitrogen and oxygen atoms in total. The summed E-state index contributed by atoms with van der Waals surface area (Å²) in [6, 6.07) is 0. The lowest BCUT2D eigenvalue weighted by Gasteiger charge is -2.01. The maximum Gasteiger partial charge on any atom is 0.326 e. The molecule has 0 amide bonds. The molecule has 0 aromatic rings. The van der Waals surface area contributed by atoms with Gasteiger partial charge in [0.1, 0.15) is 0 Å². The molecule has 0 bridgehead atoms. The first-order valence-electron chi connectivity index (χ1n) is 16.5. The number of hydrogen-bond donors (Lipinski definition) is 4. The molecular weight excluding hydrogens is 571 g/mol. The highest BCUT2D eigenvalue weighted by Gasteiger charge is 1.95. The highest BCUT2D eigenvalue weighted by molar-refractivity contribution is 8.14. The normalized spacial score (nSPS) is 11.7. The molecule has 0 spiro atoms. The molecule has 41 heavy (non-hydrogen) atoms. The number of aliphatic imine (C=N–C) groups is 2. The van der Waals surface area contributed by atoms with E-state index in [9.17, 15) is 0 Å². The van der Waals surface area contributed by atoms with Crippen LogP contribution < -0.4 is 11.5 Å². The smallest absolute Gasteiger partial charge is 0.326 e. The van der Waals surface area contributed by atoms with E-state index in [4.69, 9.17) is 21.3 Å². The van der Waals surface area contributed by atoms with Gasteiger partial charge in [0.25, 0.3) is 0 Å². The molecule has 0 aliphatic heterocycles. The van der Waals surface area contributed by atoms with Gasteiger partial charge in [-0.15, -0.1) is 0 Å². The van der Waals surface area contributed by atoms with Gasteiger partial charge in [-0.25, -0.2) is 0 Å². The summed E-state index contributed by atoms with van der Waals surface area (Å²) >= 11 is 3.28. The number of amidine groups is 2. The second-order valence-electron chi connectivity index (χ2n) is 10.1. The molecule has 0 aromatic carbocycles. The maximum absolute atomic E-state index is 7.76. The Morgan fingerprint density at radius 1 is 0.537 bits per heavy atom. The first-order chi connectivity index (χ1) is 19.9. The summed E-state index contributed by atoms with van der Waals surface area (Å²) in [5.74, 6) is 2.04. The summed E-state index contributed by atoms with van der Waals surface area (Å²) in [4.78, 5) is 24.2. The second kappa shape index (κ2) is 42.1. The van der Waals surface area contributed by atoms with E-state index < -0.39 is 8.60 Å². The lowest BCUT2D eigenvalue weighted by Crippen LogP contribution is -2.07. The van der Waals surface area contributed by atoms with E-state index >= 15 is 0 Å². The van der Waals surface area contributed by atoms with Gasteiger partial charge in [-0.2, -0.15) is 0 Å². The Kier molecular flexibility index (Phi) is 46.6. The fourth-order valence-corrected chi connectivity index (χ4v) is 4.92. The fraction of sp³-hybridized carbons (Fsp3) is 0.935. The molecule has 6 N–H and O–H groups in total. The molecule has 248 valence electrons. The number of rotatable bonds is 25. The highest BCUT2D eigenvalue weighted by atomic mass is 32.2. The Morgan fingerprint density at radius 2 is 0.780 bits per heavy atom. The summed E-state index contributed by atoms with van der Waals surface area (Å²) in [6.45, 7) is 10.6. The van der Waals surface area contributed by atoms with Gasteiger partial charge in [0.15, 0.2) is 10.3 Å². The Balaban J connectivity index is -0.000000604. The summed E-state index contributed by atoms with van der Waals surface area (Å²) in [6.07, 6.45) is 27.5. The van der Waals surface area contributed by atoms with Crippen molar-refractivity contribution in [3.63, 3.8) is 0 Å². The highest BCUT2D eigenvalue weighted by Crippen LogP contribution is 2.21. The van der Waals surface area contributed by atoms with E-state index in [1.54, 1.807) is 23.5 Å². The zero-order chi connectivity index (χ0) is 31.2. The minimum atomic E-state index is -2.10. The van der Waals surface area contributed by atoms with Gasteiger partial charge in [0, 0.05) is 20.2 Å². The summed E-state index contributed by atoms with van der Waals surface area (Å²) in [5.41, 5.74) is 11.4. The van der Waals surface area contributed by atoms with Crippen molar-refractivity contribution in [3.05, 3.63) is 0 Å². The van der Waals surface area contributed by atoms with Crippen molar-refractivity contribution in [1.29, 1.82) is 0 Å². The SMILES string of the molecule is CCCCCCCCCCCCN=C(N)SCC.CCCCCCCCCCCCN=C(N)SCC.COP(O)O. The molecule has 0 heterocycles. The molecule has 0 atom stereocenters. The molecule has 0 aliphatic carbocycles. The van der Waals surface area contributed by atoms with E-state index in [0.29, 0.717) is 0 Å². The van der Waals surface area contributed by atoms with E-state index in [1.807, 2.05) is 0 Å². The van der Waals surface area contributed by atoms with Crippen molar-refractivity contribution in [3.8, 4) is 0 Å². The van der Waals surface area contributed by atoms with Gasteiger partial charge in [0.2, 0.25) is 0 Å². The molecule has 0 saturated heterocycles. The van der Waals surface area contributed by atoms with Gasteiger partial charge in [-0.3, -0.25) is 9.98 Å². The Labute approximate surface area is 265 Å². The van der Waals surface area contributed by atoms with Crippen molar-refractivity contribution in [2.75, 3.05) is 31.7 Å². The maximum atomic E-state index is 7.76. The van der Waals surface area contributed by atoms with Crippen LogP contribution in [0.5, 0.6) is 0 Å². The van der Waals surface area contributed by atoms with Crippen LogP contribution >= 0.6 is 32.1 Å². The van der Waals surface area contributed by atoms with Crippen molar-refractivity contribution in [2.45, 2.75) is 156 Å². The molecule has 0 unspecified atom stereocenters. The molecule has 10 heteroatoms. The number of nitrogens with zero attached hydrogens (tertiary/aromatic N) is 2. The van der Waals surface area contributed by atoms with E-state index in [2.05, 4.69) is 42.2 Å². The summed E-state index contributed by atoms with van der Waals surface area (Å²) < 4.78 is 3.93. The molecule has 0 rings (SSSR count). The van der Waals surface area contributed by atoms with Crippen LogP contribution in [0.15, 0.2) is 9.98 Å². The third-order valence-electron chi connectivity index (χ3n) is 6.31. The van der Waals surface area contributed by atoms with Gasteiger partial charge >= 0.3 is 8.60 Å². The standard InChI is InChI=1S/2C15H32N2S.CH5O3P/c2*1-3-5-6-7-8-9-10-11-12-13-14-17-15(16)18-4-2;1-4-5(2)3/h2*3-14H2,1-2H3,(H2,16,17);2-3H,1H3. The predicted molar refractivity (Wildman–Crippen MR) is 191 cm³/mol. The van der Waals surface area contributed by atoms with E-state index in [1.165, 1.54) is 136 Å². The number of unbranched alkanes of at least 4 members (excludes halogenated alkanes) is 18. The van der Waals surface area contributed by atoms with E-state index in [-0.39, 0.29) is 0 Å². The van der Waals surface area contributed by atoms with Crippen molar-refractivity contribution in [2.24, 2.45) is 21.5 Å². The lowest BCUT2D eigenvalue weighted by molar-refractivity contribution is 0.310. The van der Waals surface area contributed by atoms with Crippen LogP contribution in [-0.4, -0.2) is 51.8 Å². The largest absolute Gasteiger partial charge is 0.379 e. The van der Waals surface area contributed by atoms with Gasteiger partial charge < -0.3 is 25.8 Å². The van der Waals surface area contributed by atoms with Gasteiger partial charge in [-0.05, 0) is 24.3 Å². The molecular formula is C31H69N4O3PS2. The lowest BCUT2D eigenvalue weighted by atomic mass is 10.1. The van der Waals surface area contributed by atoms with Gasteiger partial charge in [0.05, 0.1) is 0 Å². The monoisotopic (exact) mass is 640 g/mol. The Bertz CT molecular complexity index is 503. The topological polar surface area (TPSA) is 126 Å². The van der Waals surface area contributed by atoms with Crippen molar-refractivity contribution in [1.82, 2.24) is 0 Å². The van der Waals surface area contributed by atoms with Crippen LogP contribution in [0.1, 0.15) is 156 Å². The number of thioether (sulfide) groups is 2. The third-order valence-corrected chi connectivity index (χ3v) is 8.06. The molecule has 0 aromatic heterocycles. The third kappa shape index (κ3) is 49.9. The summed E-state index contributed by atoms with van der Waals surface area (Å²) in [7, 11) is -0.870. The number of hydrogen-bond acceptors (Lipinski definition) is 7. The fourth-order valence-electron chi connectivity index (χ4n) is 3.96. The zero-order valence-corrected chi connectivity index (χ0v) is 30.1. The average Bonchev–Trinajstić information content (AvgIpc) is 2.95. The van der Waals surface area contributed by atoms with Gasteiger partial charge in [-0.1, -0.05) is 167 Å². The van der Waals surface area contributed by atoms with Crippen LogP contribution in [0, 0.1) is 0 Å². The predicted octanol–water partition coefficient (Wildman–Crippen LogP) is 9.79. The summed E-state index contributed by atoms with van der Waals surface area (Å²) in [5, 5.41) is 1.52. The molecule has 0 radical (unpaired) electrons. The van der Waals surface area contributed by atoms with Crippen LogP contribution in [0.3, 0.4) is 0 Å². The molecule has 0 fully saturated rings. The minimum absolute atomic E-state index is 0.758. The van der Waals surface area contributed by atoms with Crippen LogP contribution in [0.4, 0.5) is 0 Å². The minimum Gasteiger partial charge on any atom is -0.379 e. The zero-order valence-electron chi connectivity index (χ0n) is 27.6. The van der Waals surface area contributed by atoms with Crippen LogP contribution in [0.25, 0.3) is 0 Å². The second-order valence-corrected chi connectivity index (χ2v) is 13.5. The van der Waals surface area contributed by atoms with Crippen molar-refractivity contribution >= 4 is 42.5 Å². The Morgan fingerprint density at radius 3 is 1.00 bits per heavy atom. The molecule has 0 saturated carbocycles. The van der Waals surface area contributed by atoms with Crippen molar-refractivity contribution < 1.29 is 14.3 Å². The average molecular weight is 641 g/mol. The van der Waals surface area contributed by atoms with Crippen LogP contribution in [0.2, 0.25) is 0 Å². The first kappa shape index (κ1) is 45.4. The molecule has 0 aliphatic rings.